The van der Waals surface area contributed by atoms with Gasteiger partial charge in [-0.3, -0.25) is 14.3 Å². The molecule has 2 N–H and O–H groups in total. The molecule has 32 heavy (non-hydrogen) atoms. The maximum absolute atomic E-state index is 12.8. The number of amides is 1. The number of hydrogen-bond acceptors (Lipinski definition) is 7. The minimum atomic E-state index is -3.40. The van der Waals surface area contributed by atoms with Crippen LogP contribution in [0.2, 0.25) is 0 Å². The summed E-state index contributed by atoms with van der Waals surface area (Å²) in [5.74, 6) is -1.31. The van der Waals surface area contributed by atoms with Gasteiger partial charge in [-0.1, -0.05) is 24.3 Å². The van der Waals surface area contributed by atoms with E-state index in [-0.39, 0.29) is 30.9 Å². The van der Waals surface area contributed by atoms with Gasteiger partial charge < -0.3 is 5.11 Å². The molecule has 2 aromatic carbocycles. The molecule has 2 aromatic rings. The predicted octanol–water partition coefficient (Wildman–Crippen LogP) is 3.39. The zero-order valence-corrected chi connectivity index (χ0v) is 18.1. The fraction of sp³-hybridized carbons (Fsp3) is 0.286. The van der Waals surface area contributed by atoms with Gasteiger partial charge in [-0.25, -0.2) is 13.4 Å². The van der Waals surface area contributed by atoms with Crippen LogP contribution in [0.25, 0.3) is 0 Å². The third-order valence-corrected chi connectivity index (χ3v) is 5.44. The molecule has 10 nitrogen and oxygen atoms in total. The topological polar surface area (TPSA) is 146 Å². The number of hydrazone groups is 1. The second-order valence-corrected chi connectivity index (χ2v) is 9.14. The monoisotopic (exact) mass is 458 g/mol. The number of anilines is 1. The number of rotatable bonds is 9. The van der Waals surface area contributed by atoms with Crippen LogP contribution in [0.5, 0.6) is 0 Å². The lowest BCUT2D eigenvalue weighted by Crippen LogP contribution is -2.27. The quantitative estimate of drug-likeness (QED) is 0.551. The Morgan fingerprint density at radius 2 is 1.91 bits per heavy atom. The number of nitrogens with one attached hydrogen (secondary N) is 1. The summed E-state index contributed by atoms with van der Waals surface area (Å²) in [6.45, 7) is 0. The number of sulfonamides is 1. The summed E-state index contributed by atoms with van der Waals surface area (Å²) in [5.41, 5.74) is 2.63. The van der Waals surface area contributed by atoms with Crippen molar-refractivity contribution in [3.8, 4) is 0 Å². The highest BCUT2D eigenvalue weighted by Crippen LogP contribution is 2.35. The van der Waals surface area contributed by atoms with Crippen molar-refractivity contribution in [2.75, 3.05) is 11.0 Å². The number of carbonyl (C=O) groups is 2. The Labute approximate surface area is 185 Å². The van der Waals surface area contributed by atoms with Gasteiger partial charge >= 0.3 is 5.97 Å². The molecule has 0 bridgehead atoms. The summed E-state index contributed by atoms with van der Waals surface area (Å²) in [4.78, 5) is 34.5. The van der Waals surface area contributed by atoms with Crippen molar-refractivity contribution in [3.05, 3.63) is 64.6 Å². The standard InChI is InChI=1S/C21H22N4O6S/c1-32(30,31)24-16-10-8-14(9-11-16)18-13-19(15-4-2-5-17(12-15)23-29)25(22-18)20(26)6-3-7-21(27)28/h2,4-5,8-12,19,24H,3,6-7,13H2,1H3,(H,27,28). The molecular weight excluding hydrogens is 436 g/mol. The van der Waals surface area contributed by atoms with Crippen LogP contribution in [0.4, 0.5) is 11.4 Å². The Kier molecular flexibility index (Phi) is 6.98. The number of carboxylic acids is 1. The van der Waals surface area contributed by atoms with Gasteiger partial charge in [0.2, 0.25) is 15.9 Å². The fourth-order valence-corrected chi connectivity index (χ4v) is 3.98. The lowest BCUT2D eigenvalue weighted by molar-refractivity contribution is -0.137. The number of carbonyl (C=O) groups excluding carboxylic acids is 1. The molecule has 1 aliphatic heterocycles. The van der Waals surface area contributed by atoms with Gasteiger partial charge in [-0.05, 0) is 47.0 Å². The van der Waals surface area contributed by atoms with Gasteiger partial charge in [0.1, 0.15) is 5.69 Å². The van der Waals surface area contributed by atoms with Crippen molar-refractivity contribution < 1.29 is 23.1 Å². The van der Waals surface area contributed by atoms with E-state index in [4.69, 9.17) is 5.11 Å². The molecule has 0 saturated heterocycles. The van der Waals surface area contributed by atoms with E-state index < -0.39 is 22.0 Å². The molecule has 0 radical (unpaired) electrons. The molecule has 0 aliphatic carbocycles. The zero-order valence-electron chi connectivity index (χ0n) is 17.3. The molecule has 1 atom stereocenters. The van der Waals surface area contributed by atoms with E-state index in [2.05, 4.69) is 15.0 Å². The Bertz CT molecular complexity index is 1160. The lowest BCUT2D eigenvalue weighted by atomic mass is 9.97. The largest absolute Gasteiger partial charge is 0.481 e. The Balaban J connectivity index is 1.87. The highest BCUT2D eigenvalue weighted by molar-refractivity contribution is 7.92. The van der Waals surface area contributed by atoms with Crippen molar-refractivity contribution in [3.63, 3.8) is 0 Å². The Morgan fingerprint density at radius 3 is 2.53 bits per heavy atom. The second kappa shape index (κ2) is 9.69. The number of aliphatic carboxylic acids is 1. The van der Waals surface area contributed by atoms with E-state index in [0.717, 1.165) is 6.26 Å². The summed E-state index contributed by atoms with van der Waals surface area (Å²) in [6, 6.07) is 12.7. The first-order chi connectivity index (χ1) is 15.2. The fourth-order valence-electron chi connectivity index (χ4n) is 3.41. The maximum atomic E-state index is 12.8. The van der Waals surface area contributed by atoms with Crippen molar-refractivity contribution in [1.29, 1.82) is 0 Å². The van der Waals surface area contributed by atoms with E-state index in [9.17, 15) is 22.9 Å². The van der Waals surface area contributed by atoms with E-state index >= 15 is 0 Å². The van der Waals surface area contributed by atoms with Crippen LogP contribution >= 0.6 is 0 Å². The lowest BCUT2D eigenvalue weighted by Gasteiger charge is -2.22. The number of carboxylic acid groups (broad SMARTS) is 1. The van der Waals surface area contributed by atoms with Crippen molar-refractivity contribution in [1.82, 2.24) is 5.01 Å². The van der Waals surface area contributed by atoms with Gasteiger partial charge in [0.25, 0.3) is 0 Å². The molecule has 0 fully saturated rings. The average Bonchev–Trinajstić information content (AvgIpc) is 3.18. The number of hydrogen-bond donors (Lipinski definition) is 2. The highest BCUT2D eigenvalue weighted by Gasteiger charge is 2.33. The van der Waals surface area contributed by atoms with Crippen molar-refractivity contribution in [2.24, 2.45) is 10.3 Å². The smallest absolute Gasteiger partial charge is 0.303 e. The van der Waals surface area contributed by atoms with Crippen LogP contribution in [0.15, 0.2) is 58.8 Å². The molecular formula is C21H22N4O6S. The van der Waals surface area contributed by atoms with Gasteiger partial charge in [-0.2, -0.15) is 5.10 Å². The van der Waals surface area contributed by atoms with Gasteiger partial charge in [-0.15, -0.1) is 4.91 Å². The van der Waals surface area contributed by atoms with E-state index in [1.807, 2.05) is 0 Å². The van der Waals surface area contributed by atoms with Gasteiger partial charge in [0.15, 0.2) is 0 Å². The minimum absolute atomic E-state index is 0.0163. The van der Waals surface area contributed by atoms with E-state index in [1.54, 1.807) is 48.5 Å². The Hall–Kier alpha value is -3.60. The molecule has 168 valence electrons. The molecule has 1 aliphatic rings. The molecule has 0 saturated carbocycles. The third-order valence-electron chi connectivity index (χ3n) is 4.83. The second-order valence-electron chi connectivity index (χ2n) is 7.39. The number of nitroso groups, excluding NO2 is 1. The van der Waals surface area contributed by atoms with Crippen molar-refractivity contribution in [2.45, 2.75) is 31.7 Å². The predicted molar refractivity (Wildman–Crippen MR) is 119 cm³/mol. The summed E-state index contributed by atoms with van der Waals surface area (Å²) in [6.07, 6.45) is 1.50. The Morgan fingerprint density at radius 1 is 1.19 bits per heavy atom. The number of nitrogens with zero attached hydrogens (tertiary/aromatic N) is 3. The molecule has 1 amide bonds. The molecule has 0 spiro atoms. The highest BCUT2D eigenvalue weighted by atomic mass is 32.2. The van der Waals surface area contributed by atoms with Gasteiger partial charge in [0, 0.05) is 24.9 Å². The summed E-state index contributed by atoms with van der Waals surface area (Å²) >= 11 is 0. The first-order valence-electron chi connectivity index (χ1n) is 9.79. The normalized spacial score (nSPS) is 15.8. The van der Waals surface area contributed by atoms with Crippen LogP contribution in [-0.2, 0) is 19.6 Å². The molecule has 3 rings (SSSR count). The maximum Gasteiger partial charge on any atom is 0.303 e. The molecule has 0 aromatic heterocycles. The van der Waals surface area contributed by atoms with Crippen LogP contribution in [0, 0.1) is 4.91 Å². The van der Waals surface area contributed by atoms with Crippen LogP contribution in [-0.4, -0.2) is 42.4 Å². The first kappa shape index (κ1) is 23.1. The van der Waals surface area contributed by atoms with Crippen LogP contribution < -0.4 is 4.72 Å². The van der Waals surface area contributed by atoms with E-state index in [1.165, 1.54) is 5.01 Å². The summed E-state index contributed by atoms with van der Waals surface area (Å²) < 4.78 is 25.2. The molecule has 11 heteroatoms. The van der Waals surface area contributed by atoms with Crippen molar-refractivity contribution >= 4 is 39.0 Å². The molecule has 1 heterocycles. The average molecular weight is 458 g/mol. The van der Waals surface area contributed by atoms with Crippen LogP contribution in [0.1, 0.15) is 42.9 Å². The summed E-state index contributed by atoms with van der Waals surface area (Å²) in [5, 5.41) is 17.6. The summed E-state index contributed by atoms with van der Waals surface area (Å²) in [7, 11) is -3.40. The first-order valence-corrected chi connectivity index (χ1v) is 11.7. The number of benzene rings is 2. The third kappa shape index (κ3) is 5.97. The molecule has 1 unspecified atom stereocenters. The SMILES string of the molecule is CS(=O)(=O)Nc1ccc(C2=NN(C(=O)CCCC(=O)O)C(c3cccc(N=O)c3)C2)cc1. The van der Waals surface area contributed by atoms with E-state index in [0.29, 0.717) is 28.9 Å². The minimum Gasteiger partial charge on any atom is -0.481 e. The zero-order chi connectivity index (χ0) is 23.3. The van der Waals surface area contributed by atoms with Gasteiger partial charge in [0.05, 0.1) is 18.0 Å². The van der Waals surface area contributed by atoms with Crippen LogP contribution in [0.3, 0.4) is 0 Å².